The van der Waals surface area contributed by atoms with Crippen molar-refractivity contribution >= 4 is 43.5 Å². The molecule has 0 saturated carbocycles. The van der Waals surface area contributed by atoms with Gasteiger partial charge in [-0.05, 0) is 55.6 Å². The highest BCUT2D eigenvalue weighted by molar-refractivity contribution is 6.74. The minimum absolute atomic E-state index is 0.101. The number of hydrogen-bond donors (Lipinski definition) is 1. The number of rotatable bonds is 4. The Morgan fingerprint density at radius 1 is 1.25 bits per heavy atom. The molecule has 1 aromatic carbocycles. The van der Waals surface area contributed by atoms with Gasteiger partial charge < -0.3 is 9.53 Å². The second-order valence-corrected chi connectivity index (χ2v) is 15.4. The van der Waals surface area contributed by atoms with Gasteiger partial charge in [-0.25, -0.2) is 4.79 Å². The largest absolute Gasteiger partial charge is 0.474 e. The SMILES string of the molecule is C[C@@H](O[Si](C)(C)C(C)(C)C)[C@H]1C(=O)N(C(=O)C(=O)O)[C@@H]1[C@@H]1CCc2ccc(Cl)cc2C1=O. The van der Waals surface area contributed by atoms with Gasteiger partial charge in [0.2, 0.25) is 5.91 Å². The van der Waals surface area contributed by atoms with Gasteiger partial charge in [0.1, 0.15) is 0 Å². The standard InChI is InChI=1S/C23H30ClNO6Si/c1-12(31-32(5,6)23(2,3)4)17-18(25(20(17)27)21(28)22(29)30)15-10-8-13-7-9-14(24)11-16(13)19(15)26/h7,9,11-12,15,17-18H,8,10H2,1-6H3,(H,29,30)/t12-,15+,17-,18-/m1/s1. The van der Waals surface area contributed by atoms with Crippen molar-refractivity contribution in [2.24, 2.45) is 11.8 Å². The monoisotopic (exact) mass is 479 g/mol. The molecule has 2 aliphatic rings. The quantitative estimate of drug-likeness (QED) is 0.399. The molecule has 1 fully saturated rings. The van der Waals surface area contributed by atoms with E-state index in [-0.39, 0.29) is 10.8 Å². The lowest BCUT2D eigenvalue weighted by atomic mass is 9.69. The lowest BCUT2D eigenvalue weighted by molar-refractivity contribution is -0.180. The van der Waals surface area contributed by atoms with Crippen LogP contribution in [0.5, 0.6) is 0 Å². The van der Waals surface area contributed by atoms with Crippen LogP contribution >= 0.6 is 11.6 Å². The molecule has 1 aliphatic carbocycles. The fourth-order valence-corrected chi connectivity index (χ4v) is 6.06. The Balaban J connectivity index is 1.96. The van der Waals surface area contributed by atoms with E-state index in [0.717, 1.165) is 10.5 Å². The highest BCUT2D eigenvalue weighted by atomic mass is 35.5. The molecule has 1 saturated heterocycles. The maximum atomic E-state index is 13.4. The summed E-state index contributed by atoms with van der Waals surface area (Å²) < 4.78 is 6.41. The molecule has 1 aliphatic heterocycles. The third-order valence-corrected chi connectivity index (χ3v) is 12.0. The Morgan fingerprint density at radius 2 is 1.88 bits per heavy atom. The number of carbonyl (C=O) groups excluding carboxylic acids is 3. The predicted molar refractivity (Wildman–Crippen MR) is 122 cm³/mol. The third kappa shape index (κ3) is 4.15. The number of amides is 2. The van der Waals surface area contributed by atoms with Gasteiger partial charge in [-0.1, -0.05) is 38.4 Å². The van der Waals surface area contributed by atoms with Crippen LogP contribution in [0.2, 0.25) is 23.2 Å². The number of carbonyl (C=O) groups is 4. The number of Topliss-reactive ketones (excluding diaryl/α,β-unsaturated/α-hetero) is 1. The van der Waals surface area contributed by atoms with Crippen LogP contribution in [0.25, 0.3) is 0 Å². The molecule has 1 N–H and O–H groups in total. The van der Waals surface area contributed by atoms with Crippen molar-refractivity contribution in [3.05, 3.63) is 34.3 Å². The van der Waals surface area contributed by atoms with Gasteiger partial charge in [0, 0.05) is 16.5 Å². The predicted octanol–water partition coefficient (Wildman–Crippen LogP) is 3.93. The Hall–Kier alpha value is -2.03. The smallest absolute Gasteiger partial charge is 0.395 e. The highest BCUT2D eigenvalue weighted by Crippen LogP contribution is 2.44. The molecule has 2 amide bonds. The van der Waals surface area contributed by atoms with Crippen LogP contribution in [0, 0.1) is 11.8 Å². The van der Waals surface area contributed by atoms with Crippen molar-refractivity contribution in [3.63, 3.8) is 0 Å². The van der Waals surface area contributed by atoms with Crippen LogP contribution in [0.3, 0.4) is 0 Å². The van der Waals surface area contributed by atoms with Crippen molar-refractivity contribution in [1.29, 1.82) is 0 Å². The molecular formula is C23H30ClNO6Si. The number of carboxylic acid groups (broad SMARTS) is 1. The van der Waals surface area contributed by atoms with Crippen molar-refractivity contribution in [2.45, 2.75) is 70.8 Å². The van der Waals surface area contributed by atoms with Gasteiger partial charge in [-0.3, -0.25) is 19.3 Å². The number of likely N-dealkylation sites (tertiary alicyclic amines) is 1. The molecule has 32 heavy (non-hydrogen) atoms. The maximum absolute atomic E-state index is 13.4. The molecule has 0 unspecified atom stereocenters. The Kier molecular flexibility index (Phi) is 6.45. The van der Waals surface area contributed by atoms with Gasteiger partial charge in [0.05, 0.1) is 18.1 Å². The number of carboxylic acids is 1. The lowest BCUT2D eigenvalue weighted by Crippen LogP contribution is -2.71. The van der Waals surface area contributed by atoms with Gasteiger partial charge in [-0.2, -0.15) is 0 Å². The number of benzene rings is 1. The van der Waals surface area contributed by atoms with Crippen LogP contribution in [0.4, 0.5) is 0 Å². The van der Waals surface area contributed by atoms with Crippen LogP contribution in [-0.4, -0.2) is 54.0 Å². The van der Waals surface area contributed by atoms with Crippen LogP contribution in [0.15, 0.2) is 18.2 Å². The number of β-lactam (4-membered cyclic amide) rings is 1. The average molecular weight is 480 g/mol. The van der Waals surface area contributed by atoms with E-state index < -0.39 is 50.1 Å². The Bertz CT molecular complexity index is 985. The van der Waals surface area contributed by atoms with Crippen LogP contribution < -0.4 is 0 Å². The second kappa shape index (κ2) is 8.39. The minimum Gasteiger partial charge on any atom is -0.474 e. The van der Waals surface area contributed by atoms with Crippen molar-refractivity contribution in [1.82, 2.24) is 4.90 Å². The average Bonchev–Trinajstić information content (AvgIpc) is 2.66. The molecule has 9 heteroatoms. The minimum atomic E-state index is -2.25. The summed E-state index contributed by atoms with van der Waals surface area (Å²) in [6.45, 7) is 12.1. The molecule has 174 valence electrons. The second-order valence-electron chi connectivity index (χ2n) is 10.2. The molecule has 0 aromatic heterocycles. The maximum Gasteiger partial charge on any atom is 0.395 e. The molecule has 7 nitrogen and oxygen atoms in total. The first-order chi connectivity index (χ1) is 14.7. The fourth-order valence-electron chi connectivity index (χ4n) is 4.46. The van der Waals surface area contributed by atoms with Gasteiger partial charge >= 0.3 is 11.9 Å². The molecular weight excluding hydrogens is 450 g/mol. The first-order valence-corrected chi connectivity index (χ1v) is 14.1. The van der Waals surface area contributed by atoms with Crippen molar-refractivity contribution < 1.29 is 28.7 Å². The highest BCUT2D eigenvalue weighted by Gasteiger charge is 2.60. The van der Waals surface area contributed by atoms with E-state index in [0.29, 0.717) is 23.4 Å². The molecule has 4 atom stereocenters. The summed E-state index contributed by atoms with van der Waals surface area (Å²) in [6, 6.07) is 4.27. The zero-order valence-electron chi connectivity index (χ0n) is 19.3. The van der Waals surface area contributed by atoms with Crippen molar-refractivity contribution in [2.75, 3.05) is 0 Å². The third-order valence-electron chi connectivity index (χ3n) is 7.19. The van der Waals surface area contributed by atoms with Gasteiger partial charge in [0.25, 0.3) is 0 Å². The number of ketones is 1. The van der Waals surface area contributed by atoms with E-state index in [2.05, 4.69) is 33.9 Å². The van der Waals surface area contributed by atoms with E-state index in [1.807, 2.05) is 0 Å². The molecule has 0 bridgehead atoms. The van der Waals surface area contributed by atoms with Crippen LogP contribution in [0.1, 0.15) is 50.0 Å². The number of imide groups is 1. The van der Waals surface area contributed by atoms with Crippen LogP contribution in [-0.2, 0) is 25.2 Å². The molecule has 0 spiro atoms. The lowest BCUT2D eigenvalue weighted by Gasteiger charge is -2.52. The zero-order chi connectivity index (χ0) is 24.2. The number of hydrogen-bond acceptors (Lipinski definition) is 5. The summed E-state index contributed by atoms with van der Waals surface area (Å²) in [6.07, 6.45) is 0.435. The number of fused-ring (bicyclic) bond motifs is 1. The Morgan fingerprint density at radius 3 is 2.44 bits per heavy atom. The molecule has 1 heterocycles. The molecule has 3 rings (SSSR count). The summed E-state index contributed by atoms with van der Waals surface area (Å²) in [5, 5.41) is 9.58. The molecule has 1 aromatic rings. The van der Waals surface area contributed by atoms with Crippen molar-refractivity contribution in [3.8, 4) is 0 Å². The molecule has 0 radical (unpaired) electrons. The number of nitrogens with zero attached hydrogens (tertiary/aromatic N) is 1. The summed E-state index contributed by atoms with van der Waals surface area (Å²) in [5.41, 5.74) is 1.33. The summed E-state index contributed by atoms with van der Waals surface area (Å²) in [4.78, 5) is 50.9. The first kappa shape index (κ1) is 24.6. The fraction of sp³-hybridized carbons (Fsp3) is 0.565. The summed E-state index contributed by atoms with van der Waals surface area (Å²) in [5.74, 6) is -5.30. The number of halogens is 1. The summed E-state index contributed by atoms with van der Waals surface area (Å²) >= 11 is 6.09. The summed E-state index contributed by atoms with van der Waals surface area (Å²) in [7, 11) is -2.25. The topological polar surface area (TPSA) is 101 Å². The van der Waals surface area contributed by atoms with E-state index in [4.69, 9.17) is 16.0 Å². The van der Waals surface area contributed by atoms with E-state index in [1.54, 1.807) is 25.1 Å². The van der Waals surface area contributed by atoms with E-state index >= 15 is 0 Å². The normalized spacial score (nSPS) is 24.6. The van der Waals surface area contributed by atoms with Gasteiger partial charge in [-0.15, -0.1) is 0 Å². The van der Waals surface area contributed by atoms with E-state index in [9.17, 15) is 24.3 Å². The van der Waals surface area contributed by atoms with Gasteiger partial charge in [0.15, 0.2) is 14.1 Å². The Labute approximate surface area is 194 Å². The number of aliphatic carboxylic acids is 1. The van der Waals surface area contributed by atoms with E-state index in [1.165, 1.54) is 0 Å². The first-order valence-electron chi connectivity index (χ1n) is 10.8. The number of aryl methyl sites for hydroxylation is 1. The zero-order valence-corrected chi connectivity index (χ0v) is 21.0.